The van der Waals surface area contributed by atoms with Crippen LogP contribution in [0.2, 0.25) is 0 Å². The van der Waals surface area contributed by atoms with Gasteiger partial charge in [-0.2, -0.15) is 0 Å². The van der Waals surface area contributed by atoms with Crippen molar-refractivity contribution in [3.8, 4) is 0 Å². The van der Waals surface area contributed by atoms with E-state index >= 15 is 0 Å². The van der Waals surface area contributed by atoms with Crippen molar-refractivity contribution in [2.75, 3.05) is 14.1 Å². The minimum absolute atomic E-state index is 0.222. The standard InChI is InChI=1S/C6H16NO2.C2H4O2/c1-5(8)7(3,4)6(2)9;1-2(3)4/h5-6,8-9H,1-4H3;1H3,(H,3,4)/q+1;/p-1. The van der Waals surface area contributed by atoms with Gasteiger partial charge in [0.1, 0.15) is 0 Å². The van der Waals surface area contributed by atoms with Gasteiger partial charge in [-0.15, -0.1) is 0 Å². The van der Waals surface area contributed by atoms with Gasteiger partial charge >= 0.3 is 0 Å². The molecule has 2 atom stereocenters. The summed E-state index contributed by atoms with van der Waals surface area (Å²) in [4.78, 5) is 8.89. The van der Waals surface area contributed by atoms with E-state index in [1.54, 1.807) is 27.9 Å². The van der Waals surface area contributed by atoms with Crippen LogP contribution in [0.1, 0.15) is 20.8 Å². The van der Waals surface area contributed by atoms with E-state index in [-0.39, 0.29) is 4.48 Å². The number of hydrogen-bond donors (Lipinski definition) is 2. The monoisotopic (exact) mass is 193 g/mol. The van der Waals surface area contributed by atoms with Crippen LogP contribution in [0.5, 0.6) is 0 Å². The molecule has 5 heteroatoms. The predicted octanol–water partition coefficient (Wildman–Crippen LogP) is -1.50. The van der Waals surface area contributed by atoms with Crippen molar-refractivity contribution in [3.63, 3.8) is 0 Å². The second-order valence-electron chi connectivity index (χ2n) is 3.38. The van der Waals surface area contributed by atoms with Gasteiger partial charge in [-0.05, 0) is 6.92 Å². The molecule has 0 aromatic heterocycles. The van der Waals surface area contributed by atoms with Gasteiger partial charge < -0.3 is 20.1 Å². The number of aliphatic carboxylic acids is 1. The summed E-state index contributed by atoms with van der Waals surface area (Å²) < 4.78 is 0.222. The zero-order valence-electron chi connectivity index (χ0n) is 8.81. The van der Waals surface area contributed by atoms with Crippen LogP contribution >= 0.6 is 0 Å². The molecule has 0 rings (SSSR count). The zero-order chi connectivity index (χ0) is 11.2. The zero-order valence-corrected chi connectivity index (χ0v) is 8.81. The van der Waals surface area contributed by atoms with Gasteiger partial charge in [0.15, 0.2) is 12.5 Å². The summed E-state index contributed by atoms with van der Waals surface area (Å²) in [6, 6.07) is 0. The summed E-state index contributed by atoms with van der Waals surface area (Å²) in [7, 11) is 3.55. The van der Waals surface area contributed by atoms with E-state index in [0.717, 1.165) is 6.92 Å². The van der Waals surface area contributed by atoms with Crippen LogP contribution in [0.3, 0.4) is 0 Å². The number of carbonyl (C=O) groups excluding carboxylic acids is 1. The maximum absolute atomic E-state index is 9.06. The van der Waals surface area contributed by atoms with Crippen LogP contribution in [-0.4, -0.2) is 47.2 Å². The van der Waals surface area contributed by atoms with E-state index in [1.807, 2.05) is 0 Å². The second kappa shape index (κ2) is 5.90. The first kappa shape index (κ1) is 14.9. The quantitative estimate of drug-likeness (QED) is 0.413. The van der Waals surface area contributed by atoms with Crippen molar-refractivity contribution in [2.45, 2.75) is 33.2 Å². The normalized spacial score (nSPS) is 15.3. The van der Waals surface area contributed by atoms with E-state index < -0.39 is 18.4 Å². The maximum atomic E-state index is 9.06. The lowest BCUT2D eigenvalue weighted by Gasteiger charge is -2.35. The van der Waals surface area contributed by atoms with Gasteiger partial charge in [0.05, 0.1) is 14.1 Å². The third-order valence-electron chi connectivity index (χ3n) is 1.93. The third-order valence-corrected chi connectivity index (χ3v) is 1.93. The summed E-state index contributed by atoms with van der Waals surface area (Å²) in [6.45, 7) is 4.29. The van der Waals surface area contributed by atoms with Gasteiger partial charge in [-0.1, -0.05) is 0 Å². The van der Waals surface area contributed by atoms with Gasteiger partial charge in [0, 0.05) is 19.8 Å². The Labute approximate surface area is 78.8 Å². The largest absolute Gasteiger partial charge is 0.550 e. The average molecular weight is 193 g/mol. The number of aliphatic hydroxyl groups is 2. The molecule has 0 aliphatic rings. The van der Waals surface area contributed by atoms with Crippen molar-refractivity contribution in [3.05, 3.63) is 0 Å². The van der Waals surface area contributed by atoms with E-state index in [2.05, 4.69) is 0 Å². The van der Waals surface area contributed by atoms with Crippen molar-refractivity contribution < 1.29 is 24.6 Å². The molecule has 0 saturated carbocycles. The molecule has 5 nitrogen and oxygen atoms in total. The lowest BCUT2D eigenvalue weighted by atomic mass is 10.4. The Hall–Kier alpha value is -0.650. The summed E-state index contributed by atoms with van der Waals surface area (Å²) in [5, 5.41) is 27.0. The van der Waals surface area contributed by atoms with Crippen LogP contribution in [0.25, 0.3) is 0 Å². The molecule has 0 heterocycles. The highest BCUT2D eigenvalue weighted by atomic mass is 16.4. The highest BCUT2D eigenvalue weighted by Gasteiger charge is 2.26. The lowest BCUT2D eigenvalue weighted by Crippen LogP contribution is -2.53. The number of carboxylic acid groups (broad SMARTS) is 1. The van der Waals surface area contributed by atoms with Crippen LogP contribution in [-0.2, 0) is 4.79 Å². The summed E-state index contributed by atoms with van der Waals surface area (Å²) in [5.41, 5.74) is 0. The number of carboxylic acids is 1. The fourth-order valence-corrected chi connectivity index (χ4v) is 0.312. The molecule has 0 aromatic carbocycles. The molecule has 0 bridgehead atoms. The molecule has 2 unspecified atom stereocenters. The Balaban J connectivity index is 0. The third kappa shape index (κ3) is 7.70. The first-order valence-corrected chi connectivity index (χ1v) is 3.99. The van der Waals surface area contributed by atoms with Crippen molar-refractivity contribution in [1.29, 1.82) is 0 Å². The van der Waals surface area contributed by atoms with Gasteiger partial charge in [-0.25, -0.2) is 0 Å². The Morgan fingerprint density at radius 3 is 1.38 bits per heavy atom. The number of aliphatic hydroxyl groups excluding tert-OH is 2. The van der Waals surface area contributed by atoms with Crippen LogP contribution < -0.4 is 5.11 Å². The smallest absolute Gasteiger partial charge is 0.189 e. The van der Waals surface area contributed by atoms with Crippen molar-refractivity contribution in [1.82, 2.24) is 0 Å². The molecule has 0 fully saturated rings. The van der Waals surface area contributed by atoms with Crippen LogP contribution in [0.4, 0.5) is 0 Å². The Morgan fingerprint density at radius 1 is 1.23 bits per heavy atom. The molecule has 0 aromatic rings. The minimum Gasteiger partial charge on any atom is -0.550 e. The number of hydrogen-bond acceptors (Lipinski definition) is 4. The molecule has 0 spiro atoms. The van der Waals surface area contributed by atoms with Crippen LogP contribution in [0, 0.1) is 0 Å². The molecule has 0 radical (unpaired) electrons. The van der Waals surface area contributed by atoms with E-state index in [4.69, 9.17) is 20.1 Å². The molecule has 80 valence electrons. The molecule has 0 aliphatic carbocycles. The molecule has 2 N–H and O–H groups in total. The van der Waals surface area contributed by atoms with E-state index in [0.29, 0.717) is 0 Å². The molecular formula is C8H19NO4. The number of carbonyl (C=O) groups is 1. The average Bonchev–Trinajstić information content (AvgIpc) is 1.85. The highest BCUT2D eigenvalue weighted by Crippen LogP contribution is 2.07. The second-order valence-corrected chi connectivity index (χ2v) is 3.38. The Kier molecular flexibility index (Phi) is 6.75. The first-order valence-electron chi connectivity index (χ1n) is 3.99. The molecule has 13 heavy (non-hydrogen) atoms. The molecule has 0 amide bonds. The number of quaternary nitrogens is 1. The fourth-order valence-electron chi connectivity index (χ4n) is 0.312. The van der Waals surface area contributed by atoms with Crippen molar-refractivity contribution in [2.24, 2.45) is 0 Å². The molecule has 0 saturated heterocycles. The number of nitrogens with zero attached hydrogens (tertiary/aromatic N) is 1. The number of rotatable bonds is 2. The minimum atomic E-state index is -1.08. The summed E-state index contributed by atoms with van der Waals surface area (Å²) in [6.07, 6.45) is -1.05. The van der Waals surface area contributed by atoms with Crippen LogP contribution in [0.15, 0.2) is 0 Å². The topological polar surface area (TPSA) is 80.6 Å². The molecule has 0 aliphatic heterocycles. The van der Waals surface area contributed by atoms with Gasteiger partial charge in [0.25, 0.3) is 0 Å². The predicted molar refractivity (Wildman–Crippen MR) is 46.2 cm³/mol. The highest BCUT2D eigenvalue weighted by molar-refractivity contribution is 5.60. The summed E-state index contributed by atoms with van der Waals surface area (Å²) in [5.74, 6) is -1.08. The summed E-state index contributed by atoms with van der Waals surface area (Å²) >= 11 is 0. The fraction of sp³-hybridized carbons (Fsp3) is 0.875. The van der Waals surface area contributed by atoms with Gasteiger partial charge in [-0.3, -0.25) is 4.48 Å². The van der Waals surface area contributed by atoms with Crippen molar-refractivity contribution >= 4 is 5.97 Å². The lowest BCUT2D eigenvalue weighted by molar-refractivity contribution is -0.974. The SMILES string of the molecule is CC(=O)[O-].CC(O)[N+](C)(C)C(C)O. The Morgan fingerprint density at radius 2 is 1.38 bits per heavy atom. The van der Waals surface area contributed by atoms with E-state index in [9.17, 15) is 0 Å². The first-order chi connectivity index (χ1) is 5.62. The van der Waals surface area contributed by atoms with E-state index in [1.165, 1.54) is 0 Å². The Bertz CT molecular complexity index is 140. The molecular weight excluding hydrogens is 174 g/mol. The maximum Gasteiger partial charge on any atom is 0.189 e. The van der Waals surface area contributed by atoms with Gasteiger partial charge in [0.2, 0.25) is 0 Å².